The van der Waals surface area contributed by atoms with E-state index in [0.29, 0.717) is 17.7 Å². The quantitative estimate of drug-likeness (QED) is 0.861. The van der Waals surface area contributed by atoms with Gasteiger partial charge in [-0.2, -0.15) is 4.39 Å². The van der Waals surface area contributed by atoms with Gasteiger partial charge in [0.15, 0.2) is 0 Å². The van der Waals surface area contributed by atoms with E-state index in [4.69, 9.17) is 0 Å². The molecule has 0 amide bonds. The van der Waals surface area contributed by atoms with Gasteiger partial charge in [-0.05, 0) is 25.7 Å². The fourth-order valence-electron chi connectivity index (χ4n) is 2.70. The van der Waals surface area contributed by atoms with Crippen LogP contribution in [0.4, 0.5) is 4.39 Å². The van der Waals surface area contributed by atoms with E-state index >= 15 is 0 Å². The van der Waals surface area contributed by atoms with E-state index in [1.807, 2.05) is 0 Å². The Labute approximate surface area is 100 Å². The highest BCUT2D eigenvalue weighted by atomic mass is 19.1. The number of aromatic amines is 1. The molecule has 2 unspecified atom stereocenters. The number of aryl methyl sites for hydroxylation is 1. The molecule has 0 aromatic carbocycles. The Hall–Kier alpha value is -1.19. The zero-order chi connectivity index (χ0) is 12.4. The molecule has 17 heavy (non-hydrogen) atoms. The molecule has 1 aliphatic carbocycles. The van der Waals surface area contributed by atoms with Crippen LogP contribution in [-0.4, -0.2) is 9.97 Å². The molecule has 2 rings (SSSR count). The highest BCUT2D eigenvalue weighted by Crippen LogP contribution is 2.35. The van der Waals surface area contributed by atoms with E-state index in [-0.39, 0.29) is 5.69 Å². The summed E-state index contributed by atoms with van der Waals surface area (Å²) in [6, 6.07) is 0. The molecule has 2 atom stereocenters. The number of hydrogen-bond donors (Lipinski definition) is 1. The van der Waals surface area contributed by atoms with Crippen LogP contribution < -0.4 is 5.56 Å². The van der Waals surface area contributed by atoms with Crippen LogP contribution in [0.25, 0.3) is 0 Å². The predicted molar refractivity (Wildman–Crippen MR) is 64.5 cm³/mol. The minimum Gasteiger partial charge on any atom is -0.308 e. The van der Waals surface area contributed by atoms with E-state index in [1.54, 1.807) is 6.92 Å². The minimum absolute atomic E-state index is 0.211. The lowest BCUT2D eigenvalue weighted by Gasteiger charge is -2.27. The standard InChI is InChI=1S/C13H19FN2O/c1-3-9-5-4-6-10(7-9)12-15-8(2)11(14)13(17)16-12/h9-10H,3-7H2,1-2H3,(H,15,16,17). The molecule has 94 valence electrons. The Balaban J connectivity index is 2.25. The molecule has 4 heteroatoms. The van der Waals surface area contributed by atoms with Gasteiger partial charge in [0, 0.05) is 5.92 Å². The summed E-state index contributed by atoms with van der Waals surface area (Å²) < 4.78 is 13.2. The molecule has 0 bridgehead atoms. The van der Waals surface area contributed by atoms with Crippen molar-refractivity contribution >= 4 is 0 Å². The SMILES string of the molecule is CCC1CCCC(c2nc(C)c(F)c(=O)[nH]2)C1. The third-order valence-electron chi connectivity index (χ3n) is 3.79. The van der Waals surface area contributed by atoms with Crippen molar-refractivity contribution in [2.75, 3.05) is 0 Å². The average molecular weight is 238 g/mol. The van der Waals surface area contributed by atoms with Gasteiger partial charge in [-0.15, -0.1) is 0 Å². The summed E-state index contributed by atoms with van der Waals surface area (Å²) in [7, 11) is 0. The van der Waals surface area contributed by atoms with E-state index < -0.39 is 11.4 Å². The number of nitrogens with zero attached hydrogens (tertiary/aromatic N) is 1. The first-order valence-corrected chi connectivity index (χ1v) is 6.38. The third-order valence-corrected chi connectivity index (χ3v) is 3.79. The van der Waals surface area contributed by atoms with Crippen LogP contribution in [-0.2, 0) is 0 Å². The Morgan fingerprint density at radius 3 is 2.88 bits per heavy atom. The molecular formula is C13H19FN2O. The van der Waals surface area contributed by atoms with E-state index in [2.05, 4.69) is 16.9 Å². The summed E-state index contributed by atoms with van der Waals surface area (Å²) in [5.74, 6) is 0.925. The molecule has 0 radical (unpaired) electrons. The number of hydrogen-bond acceptors (Lipinski definition) is 2. The molecule has 0 saturated heterocycles. The Morgan fingerprint density at radius 1 is 1.47 bits per heavy atom. The zero-order valence-corrected chi connectivity index (χ0v) is 10.4. The maximum atomic E-state index is 13.2. The average Bonchev–Trinajstić information content (AvgIpc) is 2.35. The second kappa shape index (κ2) is 4.98. The molecular weight excluding hydrogens is 219 g/mol. The van der Waals surface area contributed by atoms with Crippen LogP contribution in [0.15, 0.2) is 4.79 Å². The van der Waals surface area contributed by atoms with E-state index in [9.17, 15) is 9.18 Å². The topological polar surface area (TPSA) is 45.8 Å². The van der Waals surface area contributed by atoms with Crippen molar-refractivity contribution in [3.63, 3.8) is 0 Å². The largest absolute Gasteiger partial charge is 0.308 e. The third kappa shape index (κ3) is 2.56. The van der Waals surface area contributed by atoms with E-state index in [0.717, 1.165) is 12.8 Å². The molecule has 3 nitrogen and oxygen atoms in total. The highest BCUT2D eigenvalue weighted by molar-refractivity contribution is 5.07. The minimum atomic E-state index is -0.753. The number of nitrogens with one attached hydrogen (secondary N) is 1. The lowest BCUT2D eigenvalue weighted by molar-refractivity contribution is 0.306. The molecule has 1 saturated carbocycles. The number of H-pyrrole nitrogens is 1. The van der Waals surface area contributed by atoms with Crippen molar-refractivity contribution in [3.05, 3.63) is 27.7 Å². The maximum Gasteiger partial charge on any atom is 0.287 e. The molecule has 1 fully saturated rings. The van der Waals surface area contributed by atoms with Gasteiger partial charge < -0.3 is 4.98 Å². The van der Waals surface area contributed by atoms with Crippen molar-refractivity contribution < 1.29 is 4.39 Å². The van der Waals surface area contributed by atoms with Gasteiger partial charge in [0.1, 0.15) is 5.82 Å². The summed E-state index contributed by atoms with van der Waals surface area (Å²) in [6.45, 7) is 3.74. The number of aromatic nitrogens is 2. The van der Waals surface area contributed by atoms with Gasteiger partial charge in [0.05, 0.1) is 5.69 Å². The van der Waals surface area contributed by atoms with Crippen LogP contribution in [0.1, 0.15) is 56.5 Å². The van der Waals surface area contributed by atoms with Gasteiger partial charge in [-0.25, -0.2) is 4.98 Å². The van der Waals surface area contributed by atoms with E-state index in [1.165, 1.54) is 19.3 Å². The zero-order valence-electron chi connectivity index (χ0n) is 10.4. The second-order valence-electron chi connectivity index (χ2n) is 4.99. The lowest BCUT2D eigenvalue weighted by Crippen LogP contribution is -2.22. The molecule has 0 spiro atoms. The van der Waals surface area contributed by atoms with Crippen molar-refractivity contribution in [1.29, 1.82) is 0 Å². The number of rotatable bonds is 2. The summed E-state index contributed by atoms with van der Waals surface area (Å²) in [5.41, 5.74) is -0.423. The first-order valence-electron chi connectivity index (χ1n) is 6.38. The molecule has 1 aromatic heterocycles. The summed E-state index contributed by atoms with van der Waals surface area (Å²) in [5, 5.41) is 0. The van der Waals surface area contributed by atoms with Crippen LogP contribution in [0, 0.1) is 18.7 Å². The Morgan fingerprint density at radius 2 is 2.24 bits per heavy atom. The highest BCUT2D eigenvalue weighted by Gasteiger charge is 2.24. The summed E-state index contributed by atoms with van der Waals surface area (Å²) in [6.07, 6.45) is 5.71. The fourth-order valence-corrected chi connectivity index (χ4v) is 2.70. The molecule has 1 heterocycles. The van der Waals surface area contributed by atoms with Crippen molar-refractivity contribution in [2.24, 2.45) is 5.92 Å². The van der Waals surface area contributed by atoms with Crippen molar-refractivity contribution in [3.8, 4) is 0 Å². The summed E-state index contributed by atoms with van der Waals surface area (Å²) >= 11 is 0. The Kier molecular flexibility index (Phi) is 3.60. The van der Waals surface area contributed by atoms with Gasteiger partial charge in [0.25, 0.3) is 5.56 Å². The number of halogens is 1. The van der Waals surface area contributed by atoms with Gasteiger partial charge in [0.2, 0.25) is 5.82 Å². The van der Waals surface area contributed by atoms with Crippen LogP contribution in [0.2, 0.25) is 0 Å². The molecule has 1 aromatic rings. The monoisotopic (exact) mass is 238 g/mol. The van der Waals surface area contributed by atoms with Crippen LogP contribution in [0.5, 0.6) is 0 Å². The molecule has 1 N–H and O–H groups in total. The maximum absolute atomic E-state index is 13.2. The van der Waals surface area contributed by atoms with Crippen molar-refractivity contribution in [2.45, 2.75) is 51.9 Å². The normalized spacial score (nSPS) is 24.9. The van der Waals surface area contributed by atoms with Gasteiger partial charge >= 0.3 is 0 Å². The summed E-state index contributed by atoms with van der Waals surface area (Å²) in [4.78, 5) is 18.2. The van der Waals surface area contributed by atoms with Gasteiger partial charge in [-0.1, -0.05) is 26.2 Å². The smallest absolute Gasteiger partial charge is 0.287 e. The molecule has 0 aliphatic heterocycles. The fraction of sp³-hybridized carbons (Fsp3) is 0.692. The first-order chi connectivity index (χ1) is 8.11. The van der Waals surface area contributed by atoms with Crippen molar-refractivity contribution in [1.82, 2.24) is 9.97 Å². The Bertz CT molecular complexity index is 455. The lowest BCUT2D eigenvalue weighted by atomic mass is 9.80. The van der Waals surface area contributed by atoms with Crippen LogP contribution >= 0.6 is 0 Å². The first kappa shape index (κ1) is 12.3. The van der Waals surface area contributed by atoms with Gasteiger partial charge in [-0.3, -0.25) is 4.79 Å². The molecule has 1 aliphatic rings. The second-order valence-corrected chi connectivity index (χ2v) is 4.99. The van der Waals surface area contributed by atoms with Crippen LogP contribution in [0.3, 0.4) is 0 Å². The predicted octanol–water partition coefficient (Wildman–Crippen LogP) is 2.90.